The highest BCUT2D eigenvalue weighted by Crippen LogP contribution is 2.34. The van der Waals surface area contributed by atoms with Gasteiger partial charge in [-0.15, -0.1) is 0 Å². The van der Waals surface area contributed by atoms with E-state index in [4.69, 9.17) is 9.47 Å². The summed E-state index contributed by atoms with van der Waals surface area (Å²) in [5.74, 6) is 1.24. The first-order valence-electron chi connectivity index (χ1n) is 12.7. The minimum absolute atomic E-state index is 0.0683. The molecule has 0 unspecified atom stereocenters. The molecule has 202 valence electrons. The average molecular weight is 538 g/mol. The first kappa shape index (κ1) is 27.5. The molecule has 3 aromatic carbocycles. The number of hydrogen-bond acceptors (Lipinski definition) is 6. The predicted octanol–water partition coefficient (Wildman–Crippen LogP) is 4.42. The predicted molar refractivity (Wildman–Crippen MR) is 149 cm³/mol. The van der Waals surface area contributed by atoms with Crippen LogP contribution in [-0.4, -0.2) is 59.1 Å². The Morgan fingerprint density at radius 3 is 2.39 bits per heavy atom. The Morgan fingerprint density at radius 1 is 1.03 bits per heavy atom. The molecule has 0 bridgehead atoms. The Kier molecular flexibility index (Phi) is 8.58. The highest BCUT2D eigenvalue weighted by Gasteiger charge is 2.31. The maximum atomic E-state index is 13.2. The van der Waals surface area contributed by atoms with E-state index in [-0.39, 0.29) is 22.8 Å². The molecule has 1 amide bonds. The van der Waals surface area contributed by atoms with Crippen molar-refractivity contribution in [1.29, 1.82) is 0 Å². The molecule has 0 spiro atoms. The number of carbonyl (C=O) groups is 1. The largest absolute Gasteiger partial charge is 0.493 e. The second-order valence-electron chi connectivity index (χ2n) is 9.58. The topological polar surface area (TPSA) is 97.0 Å². The zero-order chi connectivity index (χ0) is 27.3. The zero-order valence-corrected chi connectivity index (χ0v) is 23.0. The number of benzene rings is 3. The van der Waals surface area contributed by atoms with Gasteiger partial charge in [-0.3, -0.25) is 9.52 Å². The summed E-state index contributed by atoms with van der Waals surface area (Å²) in [5, 5.41) is 3.21. The van der Waals surface area contributed by atoms with E-state index in [2.05, 4.69) is 22.0 Å². The van der Waals surface area contributed by atoms with Crippen LogP contribution in [0.1, 0.15) is 40.7 Å². The van der Waals surface area contributed by atoms with Crippen LogP contribution >= 0.6 is 0 Å². The molecule has 2 N–H and O–H groups in total. The second-order valence-corrected chi connectivity index (χ2v) is 11.3. The molecule has 0 saturated carbocycles. The molecule has 1 heterocycles. The van der Waals surface area contributed by atoms with Gasteiger partial charge < -0.3 is 19.7 Å². The molecule has 1 fully saturated rings. The van der Waals surface area contributed by atoms with Gasteiger partial charge in [-0.1, -0.05) is 23.8 Å². The van der Waals surface area contributed by atoms with Gasteiger partial charge in [0.1, 0.15) is 0 Å². The second kappa shape index (κ2) is 11.9. The lowest BCUT2D eigenvalue weighted by Crippen LogP contribution is -2.48. The number of aryl methyl sites for hydroxylation is 1. The molecule has 3 aromatic rings. The van der Waals surface area contributed by atoms with Crippen LogP contribution in [-0.2, 0) is 10.0 Å². The number of sulfonamides is 1. The first-order chi connectivity index (χ1) is 18.2. The lowest BCUT2D eigenvalue weighted by atomic mass is 9.85. The number of nitrogens with one attached hydrogen (secondary N) is 2. The van der Waals surface area contributed by atoms with Crippen molar-refractivity contribution in [3.8, 4) is 11.5 Å². The Morgan fingerprint density at radius 2 is 1.74 bits per heavy atom. The number of likely N-dealkylation sites (tertiary alicyclic amines) is 1. The molecule has 1 saturated heterocycles. The van der Waals surface area contributed by atoms with Gasteiger partial charge in [0, 0.05) is 29.8 Å². The Labute approximate surface area is 225 Å². The summed E-state index contributed by atoms with van der Waals surface area (Å²) >= 11 is 0. The van der Waals surface area contributed by atoms with Gasteiger partial charge in [0.25, 0.3) is 15.9 Å². The molecule has 8 nitrogen and oxygen atoms in total. The van der Waals surface area contributed by atoms with Gasteiger partial charge in [0.05, 0.1) is 18.6 Å². The summed E-state index contributed by atoms with van der Waals surface area (Å²) in [6.07, 6.45) is 0.803. The van der Waals surface area contributed by atoms with E-state index in [1.54, 1.807) is 55.6 Å². The van der Waals surface area contributed by atoms with Crippen LogP contribution in [0.4, 0.5) is 5.69 Å². The lowest BCUT2D eigenvalue weighted by molar-refractivity contribution is 0.0904. The standard InChI is InChI=1S/C29H35N3O5S/c1-5-37-28-18-22(10-15-27(28)36-4)25-19-32(3)17-16-26(25)30-29(33)21-8-11-23(12-9-21)31-38(34,35)24-13-6-20(2)7-14-24/h6-15,18,25-26,31H,5,16-17,19H2,1-4H3,(H,30,33)/t25-,26-/m1/s1. The molecule has 2 atom stereocenters. The number of carbonyl (C=O) groups excluding carboxylic acids is 1. The average Bonchev–Trinajstić information content (AvgIpc) is 2.90. The summed E-state index contributed by atoms with van der Waals surface area (Å²) in [5.41, 5.74) is 2.91. The summed E-state index contributed by atoms with van der Waals surface area (Å²) in [4.78, 5) is 15.6. The van der Waals surface area contributed by atoms with Gasteiger partial charge in [0.15, 0.2) is 11.5 Å². The summed E-state index contributed by atoms with van der Waals surface area (Å²) < 4.78 is 39.2. The van der Waals surface area contributed by atoms with E-state index < -0.39 is 10.0 Å². The van der Waals surface area contributed by atoms with Crippen LogP contribution in [0.5, 0.6) is 11.5 Å². The fourth-order valence-corrected chi connectivity index (χ4v) is 5.75. The van der Waals surface area contributed by atoms with Crippen molar-refractivity contribution in [2.45, 2.75) is 37.1 Å². The van der Waals surface area contributed by atoms with Crippen LogP contribution in [0.25, 0.3) is 0 Å². The van der Waals surface area contributed by atoms with Crippen molar-refractivity contribution in [3.05, 3.63) is 83.4 Å². The number of ether oxygens (including phenoxy) is 2. The van der Waals surface area contributed by atoms with Crippen molar-refractivity contribution in [3.63, 3.8) is 0 Å². The molecule has 0 aliphatic carbocycles. The van der Waals surface area contributed by atoms with E-state index in [0.717, 1.165) is 30.6 Å². The smallest absolute Gasteiger partial charge is 0.261 e. The van der Waals surface area contributed by atoms with Crippen LogP contribution in [0.3, 0.4) is 0 Å². The highest BCUT2D eigenvalue weighted by molar-refractivity contribution is 7.92. The lowest BCUT2D eigenvalue weighted by Gasteiger charge is -2.37. The Balaban J connectivity index is 1.47. The maximum absolute atomic E-state index is 13.2. The van der Waals surface area contributed by atoms with Crippen molar-refractivity contribution in [1.82, 2.24) is 10.2 Å². The molecular weight excluding hydrogens is 502 g/mol. The minimum Gasteiger partial charge on any atom is -0.493 e. The fraction of sp³-hybridized carbons (Fsp3) is 0.345. The van der Waals surface area contributed by atoms with Crippen molar-refractivity contribution in [2.75, 3.05) is 38.6 Å². The van der Waals surface area contributed by atoms with E-state index in [0.29, 0.717) is 29.4 Å². The minimum atomic E-state index is -3.72. The van der Waals surface area contributed by atoms with Gasteiger partial charge >= 0.3 is 0 Å². The van der Waals surface area contributed by atoms with Gasteiger partial charge in [-0.05, 0) is 88.0 Å². The van der Waals surface area contributed by atoms with E-state index in [1.807, 2.05) is 32.0 Å². The third-order valence-corrected chi connectivity index (χ3v) is 8.18. The number of amides is 1. The summed E-state index contributed by atoms with van der Waals surface area (Å²) in [7, 11) is -0.0198. The molecule has 4 rings (SSSR count). The van der Waals surface area contributed by atoms with Gasteiger partial charge in [0.2, 0.25) is 0 Å². The molecule has 0 aromatic heterocycles. The number of anilines is 1. The van der Waals surface area contributed by atoms with Crippen LogP contribution in [0.2, 0.25) is 0 Å². The van der Waals surface area contributed by atoms with E-state index >= 15 is 0 Å². The number of piperidine rings is 1. The molecule has 1 aliphatic rings. The monoisotopic (exact) mass is 537 g/mol. The number of likely N-dealkylation sites (N-methyl/N-ethyl adjacent to an activating group) is 1. The summed E-state index contributed by atoms with van der Waals surface area (Å²) in [6, 6.07) is 19.0. The quantitative estimate of drug-likeness (QED) is 0.420. The fourth-order valence-electron chi connectivity index (χ4n) is 4.69. The molecule has 38 heavy (non-hydrogen) atoms. The molecular formula is C29H35N3O5S. The number of hydrogen-bond donors (Lipinski definition) is 2. The SMILES string of the molecule is CCOc1cc([C@H]2CN(C)CC[C@H]2NC(=O)c2ccc(NS(=O)(=O)c3ccc(C)cc3)cc2)ccc1OC. The molecule has 9 heteroatoms. The maximum Gasteiger partial charge on any atom is 0.261 e. The van der Waals surface area contributed by atoms with Gasteiger partial charge in [-0.25, -0.2) is 8.42 Å². The molecule has 1 aliphatic heterocycles. The number of rotatable bonds is 9. The normalized spacial score (nSPS) is 18.0. The van der Waals surface area contributed by atoms with Crippen LogP contribution in [0.15, 0.2) is 71.6 Å². The van der Waals surface area contributed by atoms with Crippen molar-refractivity contribution < 1.29 is 22.7 Å². The first-order valence-corrected chi connectivity index (χ1v) is 14.2. The zero-order valence-electron chi connectivity index (χ0n) is 22.2. The third kappa shape index (κ3) is 6.46. The number of methoxy groups -OCH3 is 1. The molecule has 0 radical (unpaired) electrons. The van der Waals surface area contributed by atoms with Crippen LogP contribution < -0.4 is 19.5 Å². The van der Waals surface area contributed by atoms with Crippen molar-refractivity contribution >= 4 is 21.6 Å². The highest BCUT2D eigenvalue weighted by atomic mass is 32.2. The van der Waals surface area contributed by atoms with Gasteiger partial charge in [-0.2, -0.15) is 0 Å². The Hall–Kier alpha value is -3.56. The summed E-state index contributed by atoms with van der Waals surface area (Å²) in [6.45, 7) is 6.03. The van der Waals surface area contributed by atoms with Crippen LogP contribution in [0, 0.1) is 6.92 Å². The third-order valence-electron chi connectivity index (χ3n) is 6.78. The Bertz CT molecular complexity index is 1360. The number of nitrogens with zero attached hydrogens (tertiary/aromatic N) is 1. The van der Waals surface area contributed by atoms with E-state index in [9.17, 15) is 13.2 Å². The van der Waals surface area contributed by atoms with E-state index in [1.165, 1.54) is 0 Å². The van der Waals surface area contributed by atoms with Crippen molar-refractivity contribution in [2.24, 2.45) is 0 Å².